The van der Waals surface area contributed by atoms with Crippen molar-refractivity contribution in [2.24, 2.45) is 16.9 Å². The molecule has 8 rings (SSSR count). The summed E-state index contributed by atoms with van der Waals surface area (Å²) in [6.45, 7) is 5.69. The summed E-state index contributed by atoms with van der Waals surface area (Å²) in [7, 11) is 0. The van der Waals surface area contributed by atoms with Crippen LogP contribution >= 0.6 is 0 Å². The Morgan fingerprint density at radius 1 is 0.773 bits per heavy atom. The van der Waals surface area contributed by atoms with Crippen molar-refractivity contribution in [3.8, 4) is 0 Å². The summed E-state index contributed by atoms with van der Waals surface area (Å²) in [6.07, 6.45) is 1.55. The molecule has 2 N–H and O–H groups in total. The van der Waals surface area contributed by atoms with Gasteiger partial charge in [-0.15, -0.1) is 0 Å². The first-order chi connectivity index (χ1) is 21.2. The first-order valence-electron chi connectivity index (χ1n) is 14.6. The van der Waals surface area contributed by atoms with Crippen LogP contribution in [0.4, 0.5) is 11.4 Å². The highest BCUT2D eigenvalue weighted by Gasteiger charge is 2.68. The van der Waals surface area contributed by atoms with Crippen molar-refractivity contribution in [3.05, 3.63) is 130 Å². The summed E-state index contributed by atoms with van der Waals surface area (Å²) in [5.41, 5.74) is 8.68. The predicted molar refractivity (Wildman–Crippen MR) is 167 cm³/mol. The molecule has 44 heavy (non-hydrogen) atoms. The second-order valence-corrected chi connectivity index (χ2v) is 11.8. The van der Waals surface area contributed by atoms with Crippen LogP contribution in [0.5, 0.6) is 0 Å². The van der Waals surface area contributed by atoms with E-state index in [2.05, 4.69) is 15.8 Å². The molecular formula is C36H30N4O4. The number of hydrogen-bond acceptors (Lipinski definition) is 5. The van der Waals surface area contributed by atoms with Crippen molar-refractivity contribution in [2.75, 3.05) is 10.2 Å². The number of aryl methyl sites for hydroxylation is 3. The third kappa shape index (κ3) is 3.94. The molecule has 2 atom stereocenters. The predicted octanol–water partition coefficient (Wildman–Crippen LogP) is 4.90. The lowest BCUT2D eigenvalue weighted by Crippen LogP contribution is -2.54. The van der Waals surface area contributed by atoms with Crippen molar-refractivity contribution in [1.29, 1.82) is 0 Å². The molecule has 1 aliphatic heterocycles. The van der Waals surface area contributed by atoms with Crippen molar-refractivity contribution in [1.82, 2.24) is 5.43 Å². The fourth-order valence-corrected chi connectivity index (χ4v) is 7.29. The number of carbonyl (C=O) groups is 4. The van der Waals surface area contributed by atoms with E-state index in [9.17, 15) is 19.2 Å². The number of carbonyl (C=O) groups excluding carboxylic acids is 4. The van der Waals surface area contributed by atoms with Gasteiger partial charge >= 0.3 is 11.8 Å². The van der Waals surface area contributed by atoms with E-state index in [1.807, 2.05) is 93.6 Å². The quantitative estimate of drug-likeness (QED) is 0.154. The fraction of sp³-hybridized carbons (Fsp3) is 0.194. The largest absolute Gasteiger partial charge is 0.329 e. The number of hydrazone groups is 1. The summed E-state index contributed by atoms with van der Waals surface area (Å²) in [5, 5.41) is 6.97. The number of nitrogens with zero attached hydrogens (tertiary/aromatic N) is 2. The topological polar surface area (TPSA) is 108 Å². The van der Waals surface area contributed by atoms with Crippen LogP contribution in [0, 0.1) is 32.6 Å². The summed E-state index contributed by atoms with van der Waals surface area (Å²) in [6, 6.07) is 28.5. The lowest BCUT2D eigenvalue weighted by molar-refractivity contribution is -0.136. The van der Waals surface area contributed by atoms with Crippen LogP contribution in [0.2, 0.25) is 0 Å². The highest BCUT2D eigenvalue weighted by molar-refractivity contribution is 6.39. The van der Waals surface area contributed by atoms with E-state index in [0.717, 1.165) is 38.9 Å². The molecule has 0 aromatic heterocycles. The van der Waals surface area contributed by atoms with Gasteiger partial charge in [0, 0.05) is 17.8 Å². The molecule has 1 fully saturated rings. The van der Waals surface area contributed by atoms with E-state index in [-0.39, 0.29) is 17.7 Å². The lowest BCUT2D eigenvalue weighted by Gasteiger charge is -2.52. The van der Waals surface area contributed by atoms with Gasteiger partial charge in [0.05, 0.1) is 22.9 Å². The van der Waals surface area contributed by atoms with Crippen LogP contribution in [0.3, 0.4) is 0 Å². The summed E-state index contributed by atoms with van der Waals surface area (Å²) in [4.78, 5) is 55.7. The summed E-state index contributed by atoms with van der Waals surface area (Å²) < 4.78 is 0. The molecule has 4 aromatic carbocycles. The molecule has 1 saturated heterocycles. The molecule has 0 spiro atoms. The molecule has 1 heterocycles. The molecular weight excluding hydrogens is 552 g/mol. The molecule has 4 aliphatic rings. The zero-order valence-electron chi connectivity index (χ0n) is 24.5. The van der Waals surface area contributed by atoms with E-state index >= 15 is 0 Å². The van der Waals surface area contributed by atoms with Crippen LogP contribution in [0.25, 0.3) is 0 Å². The maximum atomic E-state index is 14.4. The number of benzene rings is 4. The van der Waals surface area contributed by atoms with E-state index in [0.29, 0.717) is 11.4 Å². The molecule has 0 radical (unpaired) electrons. The van der Waals surface area contributed by atoms with Gasteiger partial charge < -0.3 is 5.32 Å². The van der Waals surface area contributed by atoms with Gasteiger partial charge in [-0.2, -0.15) is 5.10 Å². The van der Waals surface area contributed by atoms with E-state index in [4.69, 9.17) is 0 Å². The minimum atomic E-state index is -1.16. The summed E-state index contributed by atoms with van der Waals surface area (Å²) in [5.74, 6) is -4.16. The van der Waals surface area contributed by atoms with Crippen LogP contribution in [-0.4, -0.2) is 29.8 Å². The van der Waals surface area contributed by atoms with Gasteiger partial charge in [0.2, 0.25) is 11.8 Å². The van der Waals surface area contributed by atoms with E-state index in [1.165, 1.54) is 4.90 Å². The Hall–Kier alpha value is -5.37. The van der Waals surface area contributed by atoms with Gasteiger partial charge in [0.25, 0.3) is 0 Å². The smallest absolute Gasteiger partial charge is 0.317 e. The van der Waals surface area contributed by atoms with Gasteiger partial charge in [-0.1, -0.05) is 78.4 Å². The monoisotopic (exact) mass is 582 g/mol. The molecule has 8 nitrogen and oxygen atoms in total. The molecule has 3 aliphatic carbocycles. The zero-order chi connectivity index (χ0) is 30.7. The first kappa shape index (κ1) is 27.5. The molecule has 8 heteroatoms. The van der Waals surface area contributed by atoms with Crippen LogP contribution < -0.4 is 15.6 Å². The Kier molecular flexibility index (Phi) is 6.32. The number of amides is 4. The van der Waals surface area contributed by atoms with Gasteiger partial charge in [-0.3, -0.25) is 19.2 Å². The highest BCUT2D eigenvalue weighted by atomic mass is 16.2. The van der Waals surface area contributed by atoms with Crippen molar-refractivity contribution < 1.29 is 19.2 Å². The first-order valence-corrected chi connectivity index (χ1v) is 14.6. The Bertz CT molecular complexity index is 1860. The second-order valence-electron chi connectivity index (χ2n) is 11.8. The van der Waals surface area contributed by atoms with Crippen LogP contribution in [-0.2, 0) is 24.6 Å². The highest BCUT2D eigenvalue weighted by Crippen LogP contribution is 2.63. The minimum absolute atomic E-state index is 0.257. The lowest BCUT2D eigenvalue weighted by atomic mass is 9.47. The van der Waals surface area contributed by atoms with Crippen molar-refractivity contribution in [3.63, 3.8) is 0 Å². The van der Waals surface area contributed by atoms with Crippen molar-refractivity contribution >= 4 is 41.2 Å². The number of hydrogen-bond donors (Lipinski definition) is 2. The number of anilines is 2. The molecule has 4 aromatic rings. The van der Waals surface area contributed by atoms with Gasteiger partial charge in [-0.05, 0) is 72.4 Å². The molecule has 4 amide bonds. The fourth-order valence-electron chi connectivity index (χ4n) is 7.29. The van der Waals surface area contributed by atoms with E-state index < -0.39 is 29.1 Å². The molecule has 2 bridgehead atoms. The SMILES string of the molecule is Cc1ccc(N2C(=O)[C@H]3C4c5ccccc5C(/C=N\NC(=O)C(=O)Nc5cc(C)ccc5C)(c5ccccc54)[C@H]3C2=O)cc1. The Morgan fingerprint density at radius 3 is 2.05 bits per heavy atom. The summed E-state index contributed by atoms with van der Waals surface area (Å²) >= 11 is 0. The minimum Gasteiger partial charge on any atom is -0.317 e. The Labute approximate surface area is 254 Å². The zero-order valence-corrected chi connectivity index (χ0v) is 24.5. The number of imide groups is 1. The third-order valence-electron chi connectivity index (χ3n) is 9.26. The Balaban J connectivity index is 1.30. The van der Waals surface area contributed by atoms with Crippen LogP contribution in [0.1, 0.15) is 44.9 Å². The maximum absolute atomic E-state index is 14.4. The molecule has 0 saturated carbocycles. The number of nitrogens with one attached hydrogen (secondary N) is 2. The van der Waals surface area contributed by atoms with Gasteiger partial charge in [0.15, 0.2) is 0 Å². The Morgan fingerprint density at radius 2 is 1.39 bits per heavy atom. The van der Waals surface area contributed by atoms with Gasteiger partial charge in [0.1, 0.15) is 0 Å². The average molecular weight is 583 g/mol. The van der Waals surface area contributed by atoms with Gasteiger partial charge in [-0.25, -0.2) is 10.3 Å². The van der Waals surface area contributed by atoms with Crippen molar-refractivity contribution in [2.45, 2.75) is 32.1 Å². The normalized spacial score (nSPS) is 22.9. The molecule has 0 unspecified atom stereocenters. The maximum Gasteiger partial charge on any atom is 0.329 e. The average Bonchev–Trinajstić information content (AvgIpc) is 3.30. The van der Waals surface area contributed by atoms with E-state index in [1.54, 1.807) is 24.4 Å². The standard InChI is InChI=1S/C36H30N4O4/c1-20-13-16-23(17-14-20)40-34(43)30-29-24-8-4-6-10-26(24)36(31(30)35(40)44,27-11-7-5-9-25(27)29)19-37-39-33(42)32(41)38-28-18-21(2)12-15-22(28)3/h4-19,29-31H,1-3H3,(H,38,41)(H,39,42)/b37-19-/t29?,30-,31+,36?/m0/s1. The van der Waals surface area contributed by atoms with Crippen LogP contribution in [0.15, 0.2) is 96.1 Å². The second kappa shape index (κ2) is 10.1. The third-order valence-corrected chi connectivity index (χ3v) is 9.26. The number of rotatable bonds is 4. The molecule has 218 valence electrons.